The molecule has 5 aliphatic rings. The molecule has 0 aromatic carbocycles. The molecule has 0 radical (unpaired) electrons. The summed E-state index contributed by atoms with van der Waals surface area (Å²) in [4.78, 5) is 0. The number of hydrogen-bond donors (Lipinski definition) is 2. The van der Waals surface area contributed by atoms with E-state index in [0.717, 1.165) is 19.3 Å². The lowest BCUT2D eigenvalue weighted by Gasteiger charge is -2.73. The Kier molecular flexibility index (Phi) is 4.87. The van der Waals surface area contributed by atoms with Gasteiger partial charge in [-0.3, -0.25) is 0 Å². The number of aliphatic hydroxyl groups excluding tert-OH is 2. The topological polar surface area (TPSA) is 40.5 Å². The number of rotatable bonds is 0. The molecule has 4 saturated carbocycles. The van der Waals surface area contributed by atoms with Crippen molar-refractivity contribution in [3.05, 3.63) is 11.6 Å². The van der Waals surface area contributed by atoms with Crippen LogP contribution in [0.5, 0.6) is 0 Å². The molecule has 32 heavy (non-hydrogen) atoms. The number of aliphatic hydroxyl groups is 2. The van der Waals surface area contributed by atoms with Gasteiger partial charge in [0, 0.05) is 0 Å². The second-order valence-corrected chi connectivity index (χ2v) is 15.3. The molecule has 9 atom stereocenters. The number of hydrogen-bond acceptors (Lipinski definition) is 2. The van der Waals surface area contributed by atoms with Gasteiger partial charge in [-0.25, -0.2) is 0 Å². The Hall–Kier alpha value is -0.340. The smallest absolute Gasteiger partial charge is 0.0594 e. The van der Waals surface area contributed by atoms with Crippen LogP contribution in [0.3, 0.4) is 0 Å². The summed E-state index contributed by atoms with van der Waals surface area (Å²) in [6, 6.07) is 0. The van der Waals surface area contributed by atoms with Gasteiger partial charge in [0.1, 0.15) is 0 Å². The first kappa shape index (κ1) is 23.4. The third-order valence-corrected chi connectivity index (χ3v) is 12.9. The molecule has 2 heteroatoms. The fourth-order valence-corrected chi connectivity index (χ4v) is 10.7. The van der Waals surface area contributed by atoms with Gasteiger partial charge in [-0.2, -0.15) is 0 Å². The van der Waals surface area contributed by atoms with Crippen molar-refractivity contribution in [3.63, 3.8) is 0 Å². The highest BCUT2D eigenvalue weighted by atomic mass is 16.3. The Morgan fingerprint density at radius 1 is 0.750 bits per heavy atom. The Morgan fingerprint density at radius 3 is 2.09 bits per heavy atom. The highest BCUT2D eigenvalue weighted by Crippen LogP contribution is 2.76. The molecular formula is C30H50O2. The first-order valence-corrected chi connectivity index (χ1v) is 13.7. The van der Waals surface area contributed by atoms with E-state index in [2.05, 4.69) is 61.5 Å². The standard InChI is InChI=1S/C30H50O2/c1-25(2)13-14-27(5)15-16-29(7)19(20(27)18-25)17-21(31)24-28(6)11-10-23(32)26(3,4)22(28)9-12-30(24,29)8/h18-19,21-24,31-32H,9-17H2,1-8H3/t19-,21-,22-,23+,24+,27-,28+,29-,30-/m1/s1. The molecule has 0 heterocycles. The Morgan fingerprint density at radius 2 is 1.41 bits per heavy atom. The lowest BCUT2D eigenvalue weighted by atomic mass is 9.32. The van der Waals surface area contributed by atoms with Crippen molar-refractivity contribution in [3.8, 4) is 0 Å². The van der Waals surface area contributed by atoms with Crippen LogP contribution in [0.4, 0.5) is 0 Å². The minimum atomic E-state index is -0.231. The summed E-state index contributed by atoms with van der Waals surface area (Å²) < 4.78 is 0. The minimum Gasteiger partial charge on any atom is -0.393 e. The maximum Gasteiger partial charge on any atom is 0.0594 e. The summed E-state index contributed by atoms with van der Waals surface area (Å²) >= 11 is 0. The zero-order chi connectivity index (χ0) is 23.5. The quantitative estimate of drug-likeness (QED) is 0.391. The summed E-state index contributed by atoms with van der Waals surface area (Å²) in [6.45, 7) is 19.6. The van der Waals surface area contributed by atoms with E-state index < -0.39 is 0 Å². The molecule has 0 saturated heterocycles. The van der Waals surface area contributed by atoms with Crippen LogP contribution in [-0.4, -0.2) is 22.4 Å². The van der Waals surface area contributed by atoms with E-state index in [-0.39, 0.29) is 39.3 Å². The van der Waals surface area contributed by atoms with Crippen molar-refractivity contribution < 1.29 is 10.2 Å². The van der Waals surface area contributed by atoms with Gasteiger partial charge in [0.05, 0.1) is 12.2 Å². The average Bonchev–Trinajstić information content (AvgIpc) is 2.68. The maximum absolute atomic E-state index is 12.0. The molecule has 4 fully saturated rings. The molecule has 2 N–H and O–H groups in total. The predicted octanol–water partition coefficient (Wildman–Crippen LogP) is 7.14. The third kappa shape index (κ3) is 2.78. The van der Waals surface area contributed by atoms with Crippen molar-refractivity contribution in [2.24, 2.45) is 50.2 Å². The fraction of sp³-hybridized carbons (Fsp3) is 0.933. The molecule has 0 aromatic heterocycles. The molecule has 5 rings (SSSR count). The Balaban J connectivity index is 1.60. The molecule has 0 bridgehead atoms. The summed E-state index contributed by atoms with van der Waals surface area (Å²) in [6.07, 6.45) is 12.7. The Labute approximate surface area is 197 Å². The largest absolute Gasteiger partial charge is 0.393 e. The first-order chi connectivity index (χ1) is 14.6. The van der Waals surface area contributed by atoms with Crippen LogP contribution in [0.2, 0.25) is 0 Å². The summed E-state index contributed by atoms with van der Waals surface area (Å²) in [7, 11) is 0. The van der Waals surface area contributed by atoms with Crippen molar-refractivity contribution in [2.75, 3.05) is 0 Å². The van der Waals surface area contributed by atoms with Crippen molar-refractivity contribution in [1.82, 2.24) is 0 Å². The van der Waals surface area contributed by atoms with Gasteiger partial charge < -0.3 is 10.2 Å². The predicted molar refractivity (Wildman–Crippen MR) is 132 cm³/mol. The van der Waals surface area contributed by atoms with E-state index in [1.807, 2.05) is 0 Å². The van der Waals surface area contributed by atoms with Crippen LogP contribution in [-0.2, 0) is 0 Å². The van der Waals surface area contributed by atoms with E-state index >= 15 is 0 Å². The molecule has 0 spiro atoms. The maximum atomic E-state index is 12.0. The van der Waals surface area contributed by atoms with Gasteiger partial charge in [-0.1, -0.05) is 67.0 Å². The molecule has 0 amide bonds. The summed E-state index contributed by atoms with van der Waals surface area (Å²) in [5.41, 5.74) is 2.78. The van der Waals surface area contributed by atoms with Gasteiger partial charge in [-0.05, 0) is 108 Å². The van der Waals surface area contributed by atoms with Gasteiger partial charge in [0.25, 0.3) is 0 Å². The van der Waals surface area contributed by atoms with Crippen molar-refractivity contribution in [1.29, 1.82) is 0 Å². The highest BCUT2D eigenvalue weighted by molar-refractivity contribution is 5.32. The van der Waals surface area contributed by atoms with Crippen LogP contribution in [0.1, 0.15) is 113 Å². The molecule has 0 aromatic rings. The van der Waals surface area contributed by atoms with Gasteiger partial charge >= 0.3 is 0 Å². The second-order valence-electron chi connectivity index (χ2n) is 15.3. The lowest BCUT2D eigenvalue weighted by Crippen LogP contribution is -2.69. The average molecular weight is 443 g/mol. The molecule has 2 nitrogen and oxygen atoms in total. The SMILES string of the molecule is CC1(C)C=C2[C@H]3C[C@@H](O)[C@H]4[C@@]5(C)CC[C@H](O)C(C)(C)[C@H]5CC[C@@]4(C)[C@]3(C)CC[C@@]2(C)CC1. The fourth-order valence-electron chi connectivity index (χ4n) is 10.7. The Bertz CT molecular complexity index is 825. The van der Waals surface area contributed by atoms with Gasteiger partial charge in [0.2, 0.25) is 0 Å². The second kappa shape index (κ2) is 6.66. The summed E-state index contributed by atoms with van der Waals surface area (Å²) in [5, 5.41) is 22.9. The third-order valence-electron chi connectivity index (χ3n) is 12.9. The zero-order valence-electron chi connectivity index (χ0n) is 22.2. The van der Waals surface area contributed by atoms with E-state index in [9.17, 15) is 10.2 Å². The lowest BCUT2D eigenvalue weighted by molar-refractivity contribution is -0.259. The van der Waals surface area contributed by atoms with Crippen LogP contribution in [0.15, 0.2) is 11.6 Å². The number of fused-ring (bicyclic) bond motifs is 7. The highest BCUT2D eigenvalue weighted by Gasteiger charge is 2.70. The van der Waals surface area contributed by atoms with Crippen molar-refractivity contribution >= 4 is 0 Å². The molecular weight excluding hydrogens is 392 g/mol. The van der Waals surface area contributed by atoms with E-state index in [0.29, 0.717) is 23.2 Å². The molecule has 0 aliphatic heterocycles. The molecule has 0 unspecified atom stereocenters. The zero-order valence-corrected chi connectivity index (χ0v) is 22.2. The normalized spacial score (nSPS) is 56.2. The monoisotopic (exact) mass is 442 g/mol. The van der Waals surface area contributed by atoms with Crippen LogP contribution >= 0.6 is 0 Å². The molecule has 5 aliphatic carbocycles. The minimum absolute atomic E-state index is 0.0626. The van der Waals surface area contributed by atoms with Gasteiger partial charge in [-0.15, -0.1) is 0 Å². The number of allylic oxidation sites excluding steroid dienone is 2. The summed E-state index contributed by atoms with van der Waals surface area (Å²) in [5.74, 6) is 1.34. The van der Waals surface area contributed by atoms with E-state index in [1.54, 1.807) is 5.57 Å². The van der Waals surface area contributed by atoms with Gasteiger partial charge in [0.15, 0.2) is 0 Å². The van der Waals surface area contributed by atoms with E-state index in [1.165, 1.54) is 38.5 Å². The van der Waals surface area contributed by atoms with Crippen LogP contribution in [0, 0.1) is 50.2 Å². The van der Waals surface area contributed by atoms with Crippen molar-refractivity contribution in [2.45, 2.75) is 125 Å². The van der Waals surface area contributed by atoms with E-state index in [4.69, 9.17) is 0 Å². The first-order valence-electron chi connectivity index (χ1n) is 13.7. The molecule has 182 valence electrons. The van der Waals surface area contributed by atoms with Crippen LogP contribution in [0.25, 0.3) is 0 Å². The van der Waals surface area contributed by atoms with Crippen LogP contribution < -0.4 is 0 Å².